The van der Waals surface area contributed by atoms with Crippen LogP contribution in [0, 0.1) is 0 Å². The van der Waals surface area contributed by atoms with E-state index < -0.39 is 111 Å². The lowest BCUT2D eigenvalue weighted by Gasteiger charge is -2.47. The number of hydrogen-bond acceptors (Lipinski definition) is 20. The van der Waals surface area contributed by atoms with Crippen LogP contribution in [-0.2, 0) is 44.4 Å². The van der Waals surface area contributed by atoms with Crippen molar-refractivity contribution in [3.63, 3.8) is 0 Å². The highest BCUT2D eigenvalue weighted by molar-refractivity contribution is 5.87. The fourth-order valence-electron chi connectivity index (χ4n) is 6.45. The van der Waals surface area contributed by atoms with E-state index in [2.05, 4.69) is 0 Å². The highest BCUT2D eigenvalue weighted by Gasteiger charge is 2.53. The number of phenols is 2. The number of ether oxygens (including phenoxy) is 9. The number of esters is 1. The number of aliphatic hydroxyl groups is 8. The van der Waals surface area contributed by atoms with Gasteiger partial charge in [0.15, 0.2) is 48.0 Å². The Morgan fingerprint density at radius 2 is 1.32 bits per heavy atom. The van der Waals surface area contributed by atoms with Crippen molar-refractivity contribution >= 4 is 12.0 Å². The smallest absolute Gasteiger partial charge is 0.331 e. The van der Waals surface area contributed by atoms with Crippen molar-refractivity contribution in [2.24, 2.45) is 0 Å². The lowest BCUT2D eigenvalue weighted by molar-refractivity contribution is -0.364. The topological polar surface area (TPSA) is 302 Å². The van der Waals surface area contributed by atoms with Crippen molar-refractivity contribution in [3.8, 4) is 23.0 Å². The predicted molar refractivity (Wildman–Crippen MR) is 190 cm³/mol. The molecule has 3 saturated heterocycles. The van der Waals surface area contributed by atoms with E-state index >= 15 is 0 Å². The summed E-state index contributed by atoms with van der Waals surface area (Å²) in [5.41, 5.74) is 1.08. The molecule has 318 valence electrons. The Labute approximate surface area is 326 Å². The fourth-order valence-corrected chi connectivity index (χ4v) is 6.45. The van der Waals surface area contributed by atoms with E-state index in [1.807, 2.05) is 0 Å². The average molecular weight is 815 g/mol. The second kappa shape index (κ2) is 19.8. The molecule has 5 rings (SSSR count). The number of aromatic hydroxyl groups is 2. The average Bonchev–Trinajstić information content (AvgIpc) is 3.20. The highest BCUT2D eigenvalue weighted by atomic mass is 16.8. The first-order valence-electron chi connectivity index (χ1n) is 18.0. The van der Waals surface area contributed by atoms with Gasteiger partial charge in [0.1, 0.15) is 61.0 Å². The second-order valence-electron chi connectivity index (χ2n) is 13.6. The van der Waals surface area contributed by atoms with Gasteiger partial charge in [0.05, 0.1) is 40.1 Å². The number of carbonyl (C=O) groups is 1. The lowest BCUT2D eigenvalue weighted by Crippen LogP contribution is -2.65. The molecule has 0 aliphatic carbocycles. The molecule has 0 aromatic heterocycles. The molecule has 10 N–H and O–H groups in total. The maximum Gasteiger partial charge on any atom is 0.331 e. The summed E-state index contributed by atoms with van der Waals surface area (Å²) in [5.74, 6) is -0.935. The first-order chi connectivity index (χ1) is 27.2. The predicted octanol–water partition coefficient (Wildman–Crippen LogP) is -2.59. The van der Waals surface area contributed by atoms with Crippen molar-refractivity contribution in [2.45, 2.75) is 105 Å². The molecule has 3 aliphatic rings. The van der Waals surface area contributed by atoms with Gasteiger partial charge in [-0.05, 0) is 54.8 Å². The molecular weight excluding hydrogens is 764 g/mol. The molecule has 2 aromatic rings. The normalized spacial score (nSPS) is 35.9. The van der Waals surface area contributed by atoms with Gasteiger partial charge < -0.3 is 93.7 Å². The zero-order valence-corrected chi connectivity index (χ0v) is 31.2. The Hall–Kier alpha value is -3.71. The van der Waals surface area contributed by atoms with E-state index in [9.17, 15) is 55.9 Å². The molecule has 20 nitrogen and oxygen atoms in total. The minimum absolute atomic E-state index is 0.0901. The molecular formula is C37H50O20. The van der Waals surface area contributed by atoms with Crippen molar-refractivity contribution in [2.75, 3.05) is 34.0 Å². The van der Waals surface area contributed by atoms with Crippen LogP contribution < -0.4 is 9.47 Å². The van der Waals surface area contributed by atoms with E-state index in [0.29, 0.717) is 11.1 Å². The van der Waals surface area contributed by atoms with Crippen LogP contribution in [-0.4, -0.2) is 183 Å². The summed E-state index contributed by atoms with van der Waals surface area (Å²) in [6.07, 6.45) is -21.9. The summed E-state index contributed by atoms with van der Waals surface area (Å²) in [5, 5.41) is 104. The maximum absolute atomic E-state index is 13.4. The summed E-state index contributed by atoms with van der Waals surface area (Å²) in [7, 11) is 2.72. The van der Waals surface area contributed by atoms with Gasteiger partial charge in [-0.25, -0.2) is 4.79 Å². The number of benzene rings is 2. The van der Waals surface area contributed by atoms with Crippen LogP contribution in [0.4, 0.5) is 0 Å². The Kier molecular flexibility index (Phi) is 15.4. The zero-order valence-electron chi connectivity index (χ0n) is 31.2. The molecule has 0 unspecified atom stereocenters. The summed E-state index contributed by atoms with van der Waals surface area (Å²) < 4.78 is 50.9. The summed E-state index contributed by atoms with van der Waals surface area (Å²) in [4.78, 5) is 13.4. The molecule has 15 atom stereocenters. The Morgan fingerprint density at radius 1 is 0.702 bits per heavy atom. The number of aliphatic hydroxyl groups excluding tert-OH is 8. The minimum Gasteiger partial charge on any atom is -0.504 e. The number of hydrogen-bond donors (Lipinski definition) is 10. The zero-order chi connectivity index (χ0) is 41.6. The van der Waals surface area contributed by atoms with Crippen LogP contribution in [0.25, 0.3) is 6.08 Å². The molecule has 0 amide bonds. The van der Waals surface area contributed by atoms with Crippen LogP contribution in [0.5, 0.6) is 23.0 Å². The molecule has 0 bridgehead atoms. The standard InChI is InChI=1S/C37H50O20/c1-16-26(42)28(44)31(47)37(53-16)57-34-32(48)36(51-11-10-18-5-8-20(40)22(13-18)50-3)55-24(15-52-35-30(46)29(45)27(43)23(14-38)54-35)33(34)56-25(41)9-6-17-4-7-19(39)21(12-17)49-2/h4-9,12-13,16,23-24,26-40,42-48H,10-11,14-15H2,1-3H3/t16-,23+,24+,26-,27+,28+,29-,30+,31+,32+,33+,34+,35+,36+,37-/m0/s1. The third kappa shape index (κ3) is 10.5. The number of carbonyl (C=O) groups excluding carboxylic acids is 1. The molecule has 2 aromatic carbocycles. The van der Waals surface area contributed by atoms with E-state index in [4.69, 9.17) is 42.6 Å². The summed E-state index contributed by atoms with van der Waals surface area (Å²) in [6, 6.07) is 8.86. The number of phenolic OH excluding ortho intramolecular Hbond substituents is 2. The SMILES string of the molecule is COc1cc(C=CC(=O)O[C@H]2[C@H](O[C@@H]3O[C@@H](C)[C@H](O)[C@@H](O)[C@H]3O)[C@@H](O)[C@H](OCCc3ccc(O)c(OC)c3)O[C@@H]2CO[C@@H]2O[C@H](CO)[C@@H](O)[C@H](O)[C@H]2O)ccc1O. The van der Waals surface area contributed by atoms with E-state index in [1.54, 1.807) is 12.1 Å². The summed E-state index contributed by atoms with van der Waals surface area (Å²) in [6.45, 7) is -0.111. The van der Waals surface area contributed by atoms with Crippen LogP contribution in [0.2, 0.25) is 0 Å². The number of methoxy groups -OCH3 is 2. The molecule has 0 spiro atoms. The van der Waals surface area contributed by atoms with Crippen molar-refractivity contribution in [1.82, 2.24) is 0 Å². The minimum atomic E-state index is -1.86. The van der Waals surface area contributed by atoms with E-state index in [-0.39, 0.29) is 36.0 Å². The van der Waals surface area contributed by atoms with Gasteiger partial charge in [0.25, 0.3) is 0 Å². The summed E-state index contributed by atoms with van der Waals surface area (Å²) >= 11 is 0. The van der Waals surface area contributed by atoms with Crippen LogP contribution >= 0.6 is 0 Å². The molecule has 57 heavy (non-hydrogen) atoms. The maximum atomic E-state index is 13.4. The largest absolute Gasteiger partial charge is 0.504 e. The molecule has 3 heterocycles. The Balaban J connectivity index is 1.44. The highest BCUT2D eigenvalue weighted by Crippen LogP contribution is 2.33. The van der Waals surface area contributed by atoms with Crippen LogP contribution in [0.15, 0.2) is 42.5 Å². The first kappa shape index (κ1) is 44.4. The van der Waals surface area contributed by atoms with Crippen molar-refractivity contribution in [1.29, 1.82) is 0 Å². The van der Waals surface area contributed by atoms with Crippen LogP contribution in [0.3, 0.4) is 0 Å². The van der Waals surface area contributed by atoms with Crippen molar-refractivity contribution in [3.05, 3.63) is 53.6 Å². The third-order valence-electron chi connectivity index (χ3n) is 9.77. The molecule has 0 saturated carbocycles. The van der Waals surface area contributed by atoms with Gasteiger partial charge >= 0.3 is 5.97 Å². The Morgan fingerprint density at radius 3 is 2.00 bits per heavy atom. The third-order valence-corrected chi connectivity index (χ3v) is 9.77. The van der Waals surface area contributed by atoms with Crippen molar-refractivity contribution < 1.29 is 98.5 Å². The van der Waals surface area contributed by atoms with Gasteiger partial charge in [-0.3, -0.25) is 0 Å². The molecule has 0 radical (unpaired) electrons. The van der Waals surface area contributed by atoms with Gasteiger partial charge in [-0.15, -0.1) is 0 Å². The molecule has 3 aliphatic heterocycles. The monoisotopic (exact) mass is 814 g/mol. The fraction of sp³-hybridized carbons (Fsp3) is 0.595. The van der Waals surface area contributed by atoms with E-state index in [1.165, 1.54) is 51.5 Å². The van der Waals surface area contributed by atoms with E-state index in [0.717, 1.165) is 6.08 Å². The lowest BCUT2D eigenvalue weighted by atomic mass is 9.96. The Bertz CT molecular complexity index is 1640. The molecule has 3 fully saturated rings. The number of rotatable bonds is 15. The van der Waals surface area contributed by atoms with Gasteiger partial charge in [0, 0.05) is 6.08 Å². The van der Waals surface area contributed by atoms with Gasteiger partial charge in [-0.1, -0.05) is 12.1 Å². The van der Waals surface area contributed by atoms with Gasteiger partial charge in [-0.2, -0.15) is 0 Å². The molecule has 20 heteroatoms. The van der Waals surface area contributed by atoms with Gasteiger partial charge in [0.2, 0.25) is 0 Å². The van der Waals surface area contributed by atoms with Crippen LogP contribution in [0.1, 0.15) is 18.1 Å². The second-order valence-corrected chi connectivity index (χ2v) is 13.6. The quantitative estimate of drug-likeness (QED) is 0.0652. The first-order valence-corrected chi connectivity index (χ1v) is 18.0.